The Balaban J connectivity index is 0.00000261. The first-order valence-electron chi connectivity index (χ1n) is 9.62. The summed E-state index contributed by atoms with van der Waals surface area (Å²) in [5, 5.41) is 2.97. The first kappa shape index (κ1) is 21.8. The molecular weight excluding hydrogens is 368 g/mol. The van der Waals surface area contributed by atoms with Crippen LogP contribution in [0.15, 0.2) is 18.2 Å². The first-order valence-corrected chi connectivity index (χ1v) is 9.62. The molecule has 1 saturated heterocycles. The Morgan fingerprint density at radius 2 is 1.96 bits per heavy atom. The molecule has 27 heavy (non-hydrogen) atoms. The highest BCUT2D eigenvalue weighted by molar-refractivity contribution is 5.85. The molecule has 0 spiro atoms. The average molecular weight is 399 g/mol. The second-order valence-electron chi connectivity index (χ2n) is 7.17. The molecule has 1 unspecified atom stereocenters. The van der Waals surface area contributed by atoms with E-state index < -0.39 is 6.04 Å². The number of para-hydroxylation sites is 1. The number of hydrogen-bond donors (Lipinski definition) is 2. The van der Waals surface area contributed by atoms with Crippen LogP contribution in [-0.4, -0.2) is 38.4 Å². The summed E-state index contributed by atoms with van der Waals surface area (Å²) in [5.41, 5.74) is 7.08. The van der Waals surface area contributed by atoms with E-state index in [0.717, 1.165) is 37.0 Å². The minimum atomic E-state index is -0.497. The van der Waals surface area contributed by atoms with Gasteiger partial charge in [0.15, 0.2) is 11.5 Å². The molecular formula is C20H31ClN2O4. The molecule has 7 heteroatoms. The highest BCUT2D eigenvalue weighted by Gasteiger charge is 2.27. The van der Waals surface area contributed by atoms with Crippen molar-refractivity contribution >= 4 is 18.3 Å². The molecule has 1 atom stereocenters. The van der Waals surface area contributed by atoms with E-state index in [4.69, 9.17) is 19.9 Å². The number of methoxy groups -OCH3 is 1. The fraction of sp³-hybridized carbons (Fsp3) is 0.650. The number of ether oxygens (including phenoxy) is 3. The number of rotatable bonds is 7. The lowest BCUT2D eigenvalue weighted by molar-refractivity contribution is -0.124. The topological polar surface area (TPSA) is 82.8 Å². The van der Waals surface area contributed by atoms with Gasteiger partial charge in [-0.25, -0.2) is 0 Å². The number of nitrogens with one attached hydrogen (secondary N) is 1. The zero-order valence-electron chi connectivity index (χ0n) is 15.9. The van der Waals surface area contributed by atoms with Crippen LogP contribution in [0, 0.1) is 5.92 Å². The van der Waals surface area contributed by atoms with Crippen molar-refractivity contribution in [2.45, 2.75) is 57.2 Å². The van der Waals surface area contributed by atoms with Crippen molar-refractivity contribution in [3.8, 4) is 11.5 Å². The zero-order chi connectivity index (χ0) is 18.4. The van der Waals surface area contributed by atoms with Gasteiger partial charge < -0.3 is 25.3 Å². The molecule has 1 amide bonds. The van der Waals surface area contributed by atoms with E-state index in [0.29, 0.717) is 25.5 Å². The molecule has 3 rings (SSSR count). The SMILES string of the molecule is COc1cccc(CNC(=O)C(N)C2CCOCC2)c1OC1CCCC1.Cl. The van der Waals surface area contributed by atoms with Crippen LogP contribution in [0.3, 0.4) is 0 Å². The number of carbonyl (C=O) groups is 1. The maximum atomic E-state index is 12.5. The van der Waals surface area contributed by atoms with E-state index in [2.05, 4.69) is 5.32 Å². The second kappa shape index (κ2) is 10.7. The fourth-order valence-electron chi connectivity index (χ4n) is 3.76. The third kappa shape index (κ3) is 5.74. The van der Waals surface area contributed by atoms with Crippen LogP contribution in [-0.2, 0) is 16.1 Å². The van der Waals surface area contributed by atoms with Crippen LogP contribution in [0.1, 0.15) is 44.1 Å². The van der Waals surface area contributed by atoms with Crippen LogP contribution in [0.5, 0.6) is 11.5 Å². The molecule has 2 fully saturated rings. The largest absolute Gasteiger partial charge is 0.493 e. The Labute approximate surface area is 167 Å². The lowest BCUT2D eigenvalue weighted by Gasteiger charge is -2.27. The van der Waals surface area contributed by atoms with Gasteiger partial charge in [-0.15, -0.1) is 12.4 Å². The van der Waals surface area contributed by atoms with Gasteiger partial charge in [-0.05, 0) is 50.5 Å². The molecule has 0 bridgehead atoms. The Kier molecular flexibility index (Phi) is 8.67. The quantitative estimate of drug-likeness (QED) is 0.737. The molecule has 1 aromatic carbocycles. The zero-order valence-corrected chi connectivity index (χ0v) is 16.8. The van der Waals surface area contributed by atoms with Gasteiger partial charge in [-0.2, -0.15) is 0 Å². The molecule has 6 nitrogen and oxygen atoms in total. The van der Waals surface area contributed by atoms with Crippen LogP contribution in [0.4, 0.5) is 0 Å². The second-order valence-corrected chi connectivity index (χ2v) is 7.17. The minimum absolute atomic E-state index is 0. The first-order chi connectivity index (χ1) is 12.7. The summed E-state index contributed by atoms with van der Waals surface area (Å²) in [6.07, 6.45) is 6.44. The number of amides is 1. The summed E-state index contributed by atoms with van der Waals surface area (Å²) in [4.78, 5) is 12.5. The molecule has 1 aromatic rings. The van der Waals surface area contributed by atoms with Gasteiger partial charge in [0.1, 0.15) is 0 Å². The number of halogens is 1. The minimum Gasteiger partial charge on any atom is -0.493 e. The summed E-state index contributed by atoms with van der Waals surface area (Å²) >= 11 is 0. The Morgan fingerprint density at radius 3 is 2.63 bits per heavy atom. The monoisotopic (exact) mass is 398 g/mol. The number of benzene rings is 1. The molecule has 0 radical (unpaired) electrons. The number of hydrogen-bond acceptors (Lipinski definition) is 5. The normalized spacial score (nSPS) is 19.2. The molecule has 152 valence electrons. The van der Waals surface area contributed by atoms with Crippen molar-refractivity contribution < 1.29 is 19.0 Å². The third-order valence-electron chi connectivity index (χ3n) is 5.40. The smallest absolute Gasteiger partial charge is 0.237 e. The predicted molar refractivity (Wildman–Crippen MR) is 106 cm³/mol. The van der Waals surface area contributed by atoms with E-state index in [9.17, 15) is 4.79 Å². The fourth-order valence-corrected chi connectivity index (χ4v) is 3.76. The van der Waals surface area contributed by atoms with E-state index in [1.165, 1.54) is 12.8 Å². The van der Waals surface area contributed by atoms with Crippen LogP contribution >= 0.6 is 12.4 Å². The Bertz CT molecular complexity index is 602. The van der Waals surface area contributed by atoms with Crippen molar-refractivity contribution in [3.05, 3.63) is 23.8 Å². The Hall–Kier alpha value is -1.50. The third-order valence-corrected chi connectivity index (χ3v) is 5.40. The maximum absolute atomic E-state index is 12.5. The number of carbonyl (C=O) groups excluding carboxylic acids is 1. The van der Waals surface area contributed by atoms with Crippen molar-refractivity contribution in [1.29, 1.82) is 0 Å². The standard InChI is InChI=1S/C20H30N2O4.ClH/c1-24-17-8-4-5-15(19(17)26-16-6-2-3-7-16)13-22-20(23)18(21)14-9-11-25-12-10-14;/h4-5,8,14,16,18H,2-3,6-7,9-13,21H2,1H3,(H,22,23);1H. The van der Waals surface area contributed by atoms with Gasteiger partial charge in [0.25, 0.3) is 0 Å². The van der Waals surface area contributed by atoms with E-state index in [-0.39, 0.29) is 30.3 Å². The van der Waals surface area contributed by atoms with E-state index >= 15 is 0 Å². The van der Waals surface area contributed by atoms with Gasteiger partial charge in [-0.1, -0.05) is 12.1 Å². The maximum Gasteiger partial charge on any atom is 0.237 e. The average Bonchev–Trinajstić information content (AvgIpc) is 3.20. The van der Waals surface area contributed by atoms with E-state index in [1.807, 2.05) is 18.2 Å². The van der Waals surface area contributed by atoms with Gasteiger partial charge in [0.05, 0.1) is 19.3 Å². The molecule has 2 aliphatic rings. The van der Waals surface area contributed by atoms with Crippen LogP contribution < -0.4 is 20.5 Å². The van der Waals surface area contributed by atoms with Crippen molar-refractivity contribution in [3.63, 3.8) is 0 Å². The van der Waals surface area contributed by atoms with Crippen LogP contribution in [0.25, 0.3) is 0 Å². The summed E-state index contributed by atoms with van der Waals surface area (Å²) in [6, 6.07) is 5.28. The van der Waals surface area contributed by atoms with Crippen LogP contribution in [0.2, 0.25) is 0 Å². The number of nitrogens with two attached hydrogens (primary N) is 1. The lowest BCUT2D eigenvalue weighted by atomic mass is 9.92. The van der Waals surface area contributed by atoms with Crippen molar-refractivity contribution in [1.82, 2.24) is 5.32 Å². The van der Waals surface area contributed by atoms with Gasteiger partial charge in [-0.3, -0.25) is 4.79 Å². The lowest BCUT2D eigenvalue weighted by Crippen LogP contribution is -2.46. The Morgan fingerprint density at radius 1 is 1.26 bits per heavy atom. The molecule has 1 aliphatic heterocycles. The van der Waals surface area contributed by atoms with Gasteiger partial charge >= 0.3 is 0 Å². The van der Waals surface area contributed by atoms with Crippen molar-refractivity contribution in [2.24, 2.45) is 11.7 Å². The summed E-state index contributed by atoms with van der Waals surface area (Å²) in [6.45, 7) is 1.75. The highest BCUT2D eigenvalue weighted by Crippen LogP contribution is 2.34. The van der Waals surface area contributed by atoms with Gasteiger partial charge in [0.2, 0.25) is 5.91 Å². The molecule has 1 saturated carbocycles. The summed E-state index contributed by atoms with van der Waals surface area (Å²) in [7, 11) is 1.64. The molecule has 3 N–H and O–H groups in total. The molecule has 1 aliphatic carbocycles. The predicted octanol–water partition coefficient (Wildman–Crippen LogP) is 2.81. The van der Waals surface area contributed by atoms with Crippen molar-refractivity contribution in [2.75, 3.05) is 20.3 Å². The summed E-state index contributed by atoms with van der Waals surface area (Å²) < 4.78 is 17.0. The molecule has 1 heterocycles. The molecule has 0 aromatic heterocycles. The van der Waals surface area contributed by atoms with E-state index in [1.54, 1.807) is 7.11 Å². The van der Waals surface area contributed by atoms with Gasteiger partial charge in [0, 0.05) is 25.3 Å². The summed E-state index contributed by atoms with van der Waals surface area (Å²) in [5.74, 6) is 1.51. The highest BCUT2D eigenvalue weighted by atomic mass is 35.5.